The number of aromatic nitrogens is 2. The molecule has 0 spiro atoms. The lowest BCUT2D eigenvalue weighted by Crippen LogP contribution is -2.41. The lowest BCUT2D eigenvalue weighted by Gasteiger charge is -2.37. The van der Waals surface area contributed by atoms with E-state index in [4.69, 9.17) is 21.1 Å². The third-order valence-corrected chi connectivity index (χ3v) is 7.96. The third-order valence-electron chi connectivity index (χ3n) is 4.95. The standard InChI is InChI=1S/C21H21ClN4O5S2/c1-21(2)11-16(14-9-8-12(30-3)10-17(14)31-21)26-33(28,29)20-25-24-19(32-20)23-18(27)13-6-4-5-7-15(13)22/h4-10,16,26H,11H2,1-3H3,(H,23,24,27)/t16-/m1/s1. The van der Waals surface area contributed by atoms with E-state index < -0.39 is 27.6 Å². The van der Waals surface area contributed by atoms with Crippen molar-refractivity contribution in [3.8, 4) is 11.5 Å². The summed E-state index contributed by atoms with van der Waals surface area (Å²) in [6.07, 6.45) is 0.403. The van der Waals surface area contributed by atoms with Gasteiger partial charge in [0.05, 0.1) is 23.7 Å². The zero-order valence-corrected chi connectivity index (χ0v) is 20.3. The fourth-order valence-corrected chi connectivity index (χ4v) is 5.83. The van der Waals surface area contributed by atoms with Crippen LogP contribution in [0.4, 0.5) is 5.13 Å². The highest BCUT2D eigenvalue weighted by Crippen LogP contribution is 2.42. The summed E-state index contributed by atoms with van der Waals surface area (Å²) in [6, 6.07) is 11.2. The molecule has 1 aliphatic rings. The van der Waals surface area contributed by atoms with Crippen molar-refractivity contribution in [2.45, 2.75) is 36.3 Å². The van der Waals surface area contributed by atoms with Crippen LogP contribution in [-0.2, 0) is 10.0 Å². The van der Waals surface area contributed by atoms with E-state index in [9.17, 15) is 13.2 Å². The lowest BCUT2D eigenvalue weighted by atomic mass is 9.90. The van der Waals surface area contributed by atoms with Crippen molar-refractivity contribution in [3.63, 3.8) is 0 Å². The predicted molar refractivity (Wildman–Crippen MR) is 125 cm³/mol. The molecule has 0 aliphatic carbocycles. The number of hydrogen-bond donors (Lipinski definition) is 2. The summed E-state index contributed by atoms with van der Waals surface area (Å²) in [4.78, 5) is 12.4. The molecule has 9 nitrogen and oxygen atoms in total. The number of sulfonamides is 1. The van der Waals surface area contributed by atoms with Crippen molar-refractivity contribution in [1.29, 1.82) is 0 Å². The quantitative estimate of drug-likeness (QED) is 0.482. The normalized spacial score (nSPS) is 17.0. The molecule has 0 saturated carbocycles. The first kappa shape index (κ1) is 23.4. The molecular formula is C21H21ClN4O5S2. The first-order chi connectivity index (χ1) is 15.6. The van der Waals surface area contributed by atoms with Crippen molar-refractivity contribution in [2.24, 2.45) is 0 Å². The fourth-order valence-electron chi connectivity index (χ4n) is 3.48. The van der Waals surface area contributed by atoms with Crippen molar-refractivity contribution in [1.82, 2.24) is 14.9 Å². The summed E-state index contributed by atoms with van der Waals surface area (Å²) in [5.74, 6) is 0.641. The molecule has 1 aromatic heterocycles. The molecular weight excluding hydrogens is 488 g/mol. The minimum Gasteiger partial charge on any atom is -0.497 e. The fraction of sp³-hybridized carbons (Fsp3) is 0.286. The van der Waals surface area contributed by atoms with Crippen LogP contribution in [0.5, 0.6) is 11.5 Å². The average Bonchev–Trinajstić information content (AvgIpc) is 3.22. The van der Waals surface area contributed by atoms with Crippen LogP contribution in [0.3, 0.4) is 0 Å². The molecule has 2 heterocycles. The molecule has 33 heavy (non-hydrogen) atoms. The number of methoxy groups -OCH3 is 1. The number of anilines is 1. The van der Waals surface area contributed by atoms with Gasteiger partial charge < -0.3 is 9.47 Å². The third kappa shape index (κ3) is 5.11. The number of nitrogens with one attached hydrogen (secondary N) is 2. The predicted octanol–water partition coefficient (Wildman–Crippen LogP) is 4.03. The Morgan fingerprint density at radius 1 is 1.24 bits per heavy atom. The molecule has 0 radical (unpaired) electrons. The number of halogens is 1. The van der Waals surface area contributed by atoms with E-state index in [-0.39, 0.29) is 20.1 Å². The lowest BCUT2D eigenvalue weighted by molar-refractivity contribution is 0.0698. The number of nitrogens with zero attached hydrogens (tertiary/aromatic N) is 2. The number of rotatable bonds is 6. The van der Waals surface area contributed by atoms with Gasteiger partial charge in [0.15, 0.2) is 0 Å². The van der Waals surface area contributed by atoms with Gasteiger partial charge in [-0.05, 0) is 32.0 Å². The summed E-state index contributed by atoms with van der Waals surface area (Å²) in [5.41, 5.74) is 0.325. The van der Waals surface area contributed by atoms with E-state index in [2.05, 4.69) is 20.2 Å². The summed E-state index contributed by atoms with van der Waals surface area (Å²) >= 11 is 6.78. The summed E-state index contributed by atoms with van der Waals surface area (Å²) in [6.45, 7) is 3.76. The molecule has 4 rings (SSSR count). The van der Waals surface area contributed by atoms with E-state index in [0.717, 1.165) is 11.3 Å². The maximum absolute atomic E-state index is 13.1. The number of benzene rings is 2. The Morgan fingerprint density at radius 2 is 2.00 bits per heavy atom. The van der Waals surface area contributed by atoms with Gasteiger partial charge in [0, 0.05) is 18.1 Å². The molecule has 0 bridgehead atoms. The SMILES string of the molecule is COc1ccc2c(c1)OC(C)(C)C[C@H]2NS(=O)(=O)c1nnc(NC(=O)c2ccccc2Cl)s1. The van der Waals surface area contributed by atoms with Crippen LogP contribution >= 0.6 is 22.9 Å². The van der Waals surface area contributed by atoms with E-state index in [1.54, 1.807) is 49.6 Å². The van der Waals surface area contributed by atoms with Crippen LogP contribution in [0.2, 0.25) is 5.02 Å². The van der Waals surface area contributed by atoms with Gasteiger partial charge >= 0.3 is 0 Å². The first-order valence-corrected chi connectivity index (χ1v) is 12.5. The van der Waals surface area contributed by atoms with Gasteiger partial charge in [-0.2, -0.15) is 0 Å². The number of carbonyl (C=O) groups excluding carboxylic acids is 1. The second-order valence-corrected chi connectivity index (χ2v) is 11.2. The van der Waals surface area contributed by atoms with Crippen molar-refractivity contribution < 1.29 is 22.7 Å². The van der Waals surface area contributed by atoms with Crippen molar-refractivity contribution in [3.05, 3.63) is 58.6 Å². The van der Waals surface area contributed by atoms with Crippen LogP contribution < -0.4 is 19.5 Å². The Kier molecular flexibility index (Phi) is 6.32. The number of amides is 1. The van der Waals surface area contributed by atoms with Gasteiger partial charge in [0.2, 0.25) is 9.47 Å². The van der Waals surface area contributed by atoms with Gasteiger partial charge in [-0.1, -0.05) is 41.1 Å². The number of ether oxygens (including phenoxy) is 2. The molecule has 0 saturated heterocycles. The van der Waals surface area contributed by atoms with E-state index in [0.29, 0.717) is 23.5 Å². The van der Waals surface area contributed by atoms with Crippen LogP contribution in [0.15, 0.2) is 46.8 Å². The Labute approximate surface area is 200 Å². The van der Waals surface area contributed by atoms with Gasteiger partial charge in [-0.15, -0.1) is 10.2 Å². The van der Waals surface area contributed by atoms with Crippen LogP contribution in [0.25, 0.3) is 0 Å². The largest absolute Gasteiger partial charge is 0.497 e. The molecule has 1 atom stereocenters. The van der Waals surface area contributed by atoms with Gasteiger partial charge in [-0.3, -0.25) is 10.1 Å². The summed E-state index contributed by atoms with van der Waals surface area (Å²) in [7, 11) is -2.48. The maximum Gasteiger partial charge on any atom is 0.270 e. The van der Waals surface area contributed by atoms with E-state index in [1.807, 2.05) is 13.8 Å². The Balaban J connectivity index is 1.55. The first-order valence-electron chi connectivity index (χ1n) is 9.87. The second-order valence-electron chi connectivity index (χ2n) is 7.95. The highest BCUT2D eigenvalue weighted by atomic mass is 35.5. The van der Waals surface area contributed by atoms with Crippen LogP contribution in [0, 0.1) is 0 Å². The van der Waals surface area contributed by atoms with Gasteiger partial charge in [0.1, 0.15) is 17.1 Å². The van der Waals surface area contributed by atoms with E-state index in [1.165, 1.54) is 0 Å². The molecule has 3 aromatic rings. The highest BCUT2D eigenvalue weighted by Gasteiger charge is 2.37. The Hall–Kier alpha value is -2.73. The molecule has 2 aromatic carbocycles. The highest BCUT2D eigenvalue weighted by molar-refractivity contribution is 7.91. The number of fused-ring (bicyclic) bond motifs is 1. The van der Waals surface area contributed by atoms with Gasteiger partial charge in [0.25, 0.3) is 15.9 Å². The number of hydrogen-bond acceptors (Lipinski definition) is 8. The zero-order chi connectivity index (χ0) is 23.8. The molecule has 2 N–H and O–H groups in total. The molecule has 0 unspecified atom stereocenters. The zero-order valence-electron chi connectivity index (χ0n) is 18.0. The van der Waals surface area contributed by atoms with Crippen molar-refractivity contribution >= 4 is 44.0 Å². The second kappa shape index (κ2) is 8.90. The van der Waals surface area contributed by atoms with Crippen molar-refractivity contribution in [2.75, 3.05) is 12.4 Å². The average molecular weight is 509 g/mol. The summed E-state index contributed by atoms with van der Waals surface area (Å²) < 4.78 is 39.8. The van der Waals surface area contributed by atoms with Gasteiger partial charge in [-0.25, -0.2) is 13.1 Å². The Morgan fingerprint density at radius 3 is 2.73 bits per heavy atom. The molecule has 174 valence electrons. The van der Waals surface area contributed by atoms with Crippen LogP contribution in [-0.4, -0.2) is 37.2 Å². The van der Waals surface area contributed by atoms with E-state index >= 15 is 0 Å². The molecule has 1 amide bonds. The monoisotopic (exact) mass is 508 g/mol. The van der Waals surface area contributed by atoms with Crippen LogP contribution in [0.1, 0.15) is 42.2 Å². The molecule has 1 aliphatic heterocycles. The smallest absolute Gasteiger partial charge is 0.270 e. The summed E-state index contributed by atoms with van der Waals surface area (Å²) in [5, 5.41) is 10.4. The minimum atomic E-state index is -4.03. The topological polar surface area (TPSA) is 120 Å². The molecule has 0 fully saturated rings. The maximum atomic E-state index is 13.1. The number of carbonyl (C=O) groups is 1. The minimum absolute atomic E-state index is 0.0396. The Bertz CT molecular complexity index is 1310. The molecule has 12 heteroatoms.